The van der Waals surface area contributed by atoms with E-state index in [1.54, 1.807) is 0 Å². The van der Waals surface area contributed by atoms with E-state index < -0.39 is 74.6 Å². The number of aliphatic hydroxyl groups excluding tert-OH is 6. The Balaban J connectivity index is 1.55. The van der Waals surface area contributed by atoms with E-state index in [1.807, 2.05) is 0 Å². The molecule has 10 unspecified atom stereocenters. The van der Waals surface area contributed by atoms with Gasteiger partial charge in [-0.15, -0.1) is 0 Å². The molecule has 16 nitrogen and oxygen atoms in total. The number of hydrogen-bond acceptors (Lipinski definition) is 16. The van der Waals surface area contributed by atoms with E-state index in [-0.39, 0.29) is 51.4 Å². The van der Waals surface area contributed by atoms with Gasteiger partial charge in [-0.1, -0.05) is 0 Å². The lowest BCUT2D eigenvalue weighted by Crippen LogP contribution is -2.63. The molecule has 3 aliphatic heterocycles. The first kappa shape index (κ1) is 31.8. The fraction of sp³-hybridized carbons (Fsp3) is 0.500. The van der Waals surface area contributed by atoms with Gasteiger partial charge in [0.2, 0.25) is 12.0 Å². The summed E-state index contributed by atoms with van der Waals surface area (Å²) in [6.07, 6.45) is -14.4. The van der Waals surface area contributed by atoms with Crippen molar-refractivity contribution in [3.05, 3.63) is 41.2 Å². The summed E-state index contributed by atoms with van der Waals surface area (Å²) in [5.41, 5.74) is 0.370. The van der Waals surface area contributed by atoms with E-state index in [0.717, 1.165) is 6.07 Å². The third-order valence-corrected chi connectivity index (χ3v) is 7.52. The summed E-state index contributed by atoms with van der Waals surface area (Å²) in [6.45, 7) is -1.17. The molecule has 0 aromatic heterocycles. The van der Waals surface area contributed by atoms with Crippen LogP contribution >= 0.6 is 0 Å². The third-order valence-electron chi connectivity index (χ3n) is 7.52. The average molecular weight is 627 g/mol. The number of phenolic OH excluding ortho intramolecular Hbond substituents is 3. The molecule has 0 spiro atoms. The third kappa shape index (κ3) is 5.91. The zero-order valence-electron chi connectivity index (χ0n) is 23.5. The Labute approximate surface area is 250 Å². The smallest absolute Gasteiger partial charge is 0.229 e. The Morgan fingerprint density at radius 2 is 1.52 bits per heavy atom. The quantitative estimate of drug-likeness (QED) is 0.163. The zero-order chi connectivity index (χ0) is 31.9. The van der Waals surface area contributed by atoms with Crippen molar-refractivity contribution < 1.29 is 79.1 Å². The van der Waals surface area contributed by atoms with E-state index in [9.17, 15) is 46.0 Å². The number of benzene rings is 2. The summed E-state index contributed by atoms with van der Waals surface area (Å²) in [5, 5.41) is 92.8. The normalized spacial score (nSPS) is 33.5. The second kappa shape index (κ2) is 12.8. The fourth-order valence-electron chi connectivity index (χ4n) is 5.12. The van der Waals surface area contributed by atoms with Gasteiger partial charge in [-0.05, 0) is 18.2 Å². The van der Waals surface area contributed by atoms with Crippen LogP contribution in [0.25, 0.3) is 6.08 Å². The van der Waals surface area contributed by atoms with Crippen LogP contribution in [0.2, 0.25) is 0 Å². The van der Waals surface area contributed by atoms with Crippen molar-refractivity contribution in [3.8, 4) is 34.5 Å². The predicted molar refractivity (Wildman–Crippen MR) is 144 cm³/mol. The molecule has 2 fully saturated rings. The lowest BCUT2D eigenvalue weighted by molar-refractivity contribution is -0.352. The SMILES string of the molecule is COc1cc(C2Oc3cc(O)cc(O)c3C=C2OC2OC(CO)C(O)C(O)C2OC2OCC(O)C(O)C2O)cc(OC)c1O. The number of phenols is 3. The van der Waals surface area contributed by atoms with Crippen molar-refractivity contribution in [1.82, 2.24) is 0 Å². The largest absolute Gasteiger partial charge is 0.508 e. The average Bonchev–Trinajstić information content (AvgIpc) is 3.00. The molecular weight excluding hydrogens is 592 g/mol. The van der Waals surface area contributed by atoms with Gasteiger partial charge in [-0.3, -0.25) is 0 Å². The highest BCUT2D eigenvalue weighted by Crippen LogP contribution is 2.47. The van der Waals surface area contributed by atoms with Crippen molar-refractivity contribution in [2.24, 2.45) is 0 Å². The highest BCUT2D eigenvalue weighted by atomic mass is 16.8. The second-order valence-corrected chi connectivity index (χ2v) is 10.4. The fourth-order valence-corrected chi connectivity index (χ4v) is 5.12. The van der Waals surface area contributed by atoms with Crippen LogP contribution in [0.1, 0.15) is 17.2 Å². The lowest BCUT2D eigenvalue weighted by Gasteiger charge is -2.45. The van der Waals surface area contributed by atoms with Gasteiger partial charge >= 0.3 is 0 Å². The maximum atomic E-state index is 11.0. The second-order valence-electron chi connectivity index (χ2n) is 10.4. The molecule has 9 N–H and O–H groups in total. The molecule has 10 atom stereocenters. The summed E-state index contributed by atoms with van der Waals surface area (Å²) in [4.78, 5) is 0. The Bertz CT molecular complexity index is 1340. The van der Waals surface area contributed by atoms with E-state index >= 15 is 0 Å². The topological polar surface area (TPSA) is 247 Å². The maximum Gasteiger partial charge on any atom is 0.229 e. The van der Waals surface area contributed by atoms with Crippen molar-refractivity contribution in [2.45, 2.75) is 61.4 Å². The molecule has 0 bridgehead atoms. The van der Waals surface area contributed by atoms with Crippen LogP contribution < -0.4 is 14.2 Å². The van der Waals surface area contributed by atoms with E-state index in [0.29, 0.717) is 0 Å². The van der Waals surface area contributed by atoms with Gasteiger partial charge in [0, 0.05) is 17.7 Å². The molecule has 3 aliphatic rings. The number of hydrogen-bond donors (Lipinski definition) is 9. The van der Waals surface area contributed by atoms with Gasteiger partial charge in [0.1, 0.15) is 59.6 Å². The summed E-state index contributed by atoms with van der Waals surface area (Å²) >= 11 is 0. The minimum Gasteiger partial charge on any atom is -0.508 e. The zero-order valence-corrected chi connectivity index (χ0v) is 23.5. The van der Waals surface area contributed by atoms with Gasteiger partial charge in [-0.25, -0.2) is 0 Å². The molecule has 0 amide bonds. The number of methoxy groups -OCH3 is 2. The lowest BCUT2D eigenvalue weighted by atomic mass is 9.97. The number of fused-ring (bicyclic) bond motifs is 1. The first-order valence-electron chi connectivity index (χ1n) is 13.5. The highest BCUT2D eigenvalue weighted by molar-refractivity contribution is 5.70. The number of rotatable bonds is 8. The predicted octanol–water partition coefficient (Wildman–Crippen LogP) is -1.43. The Morgan fingerprint density at radius 1 is 0.841 bits per heavy atom. The molecule has 16 heteroatoms. The van der Waals surface area contributed by atoms with Crippen LogP contribution in [0, 0.1) is 0 Å². The first-order chi connectivity index (χ1) is 21.0. The summed E-state index contributed by atoms with van der Waals surface area (Å²) in [6, 6.07) is 5.14. The molecule has 5 rings (SSSR count). The number of ether oxygens (including phenoxy) is 7. The van der Waals surface area contributed by atoms with Crippen molar-refractivity contribution in [3.63, 3.8) is 0 Å². The molecule has 242 valence electrons. The van der Waals surface area contributed by atoms with Crippen LogP contribution in [-0.4, -0.2) is 129 Å². The first-order valence-corrected chi connectivity index (χ1v) is 13.5. The van der Waals surface area contributed by atoms with Crippen LogP contribution in [0.4, 0.5) is 0 Å². The van der Waals surface area contributed by atoms with Gasteiger partial charge in [-0.2, -0.15) is 0 Å². The van der Waals surface area contributed by atoms with Crippen molar-refractivity contribution in [1.29, 1.82) is 0 Å². The van der Waals surface area contributed by atoms with Gasteiger partial charge in [0.05, 0.1) is 33.0 Å². The summed E-state index contributed by atoms with van der Waals surface area (Å²) < 4.78 is 39.5. The van der Waals surface area contributed by atoms with Crippen LogP contribution in [0.5, 0.6) is 34.5 Å². The van der Waals surface area contributed by atoms with E-state index in [4.69, 9.17) is 33.2 Å². The minimum atomic E-state index is -1.79. The molecule has 2 saturated heterocycles. The highest BCUT2D eigenvalue weighted by Gasteiger charge is 2.50. The molecule has 2 aromatic rings. The number of aliphatic hydroxyl groups is 6. The van der Waals surface area contributed by atoms with E-state index in [1.165, 1.54) is 38.5 Å². The van der Waals surface area contributed by atoms with Crippen molar-refractivity contribution in [2.75, 3.05) is 27.4 Å². The van der Waals surface area contributed by atoms with Gasteiger partial charge in [0.25, 0.3) is 0 Å². The standard InChI is InChI=1S/C28H34O16/c1-38-16-3-10(4-17(39-2)21(16)34)25-18(7-12-13(31)5-11(30)6-15(12)41-25)42-28-26(23(36)22(35)19(8-29)43-28)44-27-24(37)20(33)14(32)9-40-27/h3-7,14,19-20,22-37H,8-9H2,1-2H3. The maximum absolute atomic E-state index is 11.0. The molecule has 0 radical (unpaired) electrons. The monoisotopic (exact) mass is 626 g/mol. The van der Waals surface area contributed by atoms with Gasteiger partial charge in [0.15, 0.2) is 30.0 Å². The molecule has 0 aliphatic carbocycles. The summed E-state index contributed by atoms with van der Waals surface area (Å²) in [5.74, 6) is -1.03. The van der Waals surface area contributed by atoms with Crippen LogP contribution in [0.3, 0.4) is 0 Å². The molecule has 0 saturated carbocycles. The summed E-state index contributed by atoms with van der Waals surface area (Å²) in [7, 11) is 2.63. The van der Waals surface area contributed by atoms with Gasteiger partial charge < -0.3 is 79.1 Å². The molecule has 44 heavy (non-hydrogen) atoms. The Kier molecular flexibility index (Phi) is 9.26. The van der Waals surface area contributed by atoms with Crippen molar-refractivity contribution >= 4 is 6.08 Å². The number of aromatic hydroxyl groups is 3. The van der Waals surface area contributed by atoms with E-state index in [2.05, 4.69) is 0 Å². The Hall–Kier alpha value is -3.58. The Morgan fingerprint density at radius 3 is 2.16 bits per heavy atom. The molecule has 2 aromatic carbocycles. The minimum absolute atomic E-state index is 0.00467. The molecular formula is C28H34O16. The van der Waals surface area contributed by atoms with Crippen LogP contribution in [0.15, 0.2) is 30.0 Å². The molecule has 3 heterocycles. The van der Waals surface area contributed by atoms with Crippen LogP contribution in [-0.2, 0) is 18.9 Å².